The molecule has 2 aromatic heterocycles. The van der Waals surface area contributed by atoms with Gasteiger partial charge in [0.25, 0.3) is 5.56 Å². The predicted octanol–water partition coefficient (Wildman–Crippen LogP) is 5.07. The summed E-state index contributed by atoms with van der Waals surface area (Å²) in [6, 6.07) is 11.4. The Bertz CT molecular complexity index is 1430. The molecule has 3 heterocycles. The van der Waals surface area contributed by atoms with Crippen molar-refractivity contribution in [3.05, 3.63) is 74.8 Å². The molecule has 220 valence electrons. The van der Waals surface area contributed by atoms with Gasteiger partial charge in [0.15, 0.2) is 0 Å². The van der Waals surface area contributed by atoms with Gasteiger partial charge in [-0.15, -0.1) is 0 Å². The number of benzene rings is 1. The number of nitrogens with zero attached hydrogens (tertiary/aromatic N) is 3. The van der Waals surface area contributed by atoms with Gasteiger partial charge in [0.05, 0.1) is 17.3 Å². The van der Waals surface area contributed by atoms with Crippen molar-refractivity contribution in [2.75, 3.05) is 34.5 Å². The number of amides is 1. The van der Waals surface area contributed by atoms with Crippen molar-refractivity contribution in [1.82, 2.24) is 19.4 Å². The second-order valence-electron chi connectivity index (χ2n) is 10.7. The maximum atomic E-state index is 14.1. The number of rotatable bonds is 11. The Hall–Kier alpha value is -2.24. The molecule has 7 nitrogen and oxygen atoms in total. The van der Waals surface area contributed by atoms with E-state index in [0.29, 0.717) is 31.4 Å². The fourth-order valence-electron chi connectivity index (χ4n) is 5.77. The van der Waals surface area contributed by atoms with Crippen molar-refractivity contribution in [1.29, 1.82) is 0 Å². The van der Waals surface area contributed by atoms with Gasteiger partial charge in [0.1, 0.15) is 11.5 Å². The summed E-state index contributed by atoms with van der Waals surface area (Å²) in [7, 11) is 0. The molecule has 1 N–H and O–H groups in total. The van der Waals surface area contributed by atoms with E-state index >= 15 is 0 Å². The van der Waals surface area contributed by atoms with E-state index in [1.807, 2.05) is 29.6 Å². The molecule has 2 aliphatic rings. The molecule has 1 aliphatic carbocycles. The molecule has 1 amide bonds. The van der Waals surface area contributed by atoms with Crippen LogP contribution in [-0.2, 0) is 11.2 Å². The SMILES string of the molecule is O=C(CSCCSCCc1ccccc1)NC1CCC(n2c(=O)c3cc(F)cnc3n(C3CCSCC3)c2=O)CC1. The average Bonchev–Trinajstić information content (AvgIpc) is 2.99. The summed E-state index contributed by atoms with van der Waals surface area (Å²) in [4.78, 5) is 43.9. The summed E-state index contributed by atoms with van der Waals surface area (Å²) in [6.45, 7) is 0. The van der Waals surface area contributed by atoms with Crippen LogP contribution in [0.3, 0.4) is 0 Å². The summed E-state index contributed by atoms with van der Waals surface area (Å²) < 4.78 is 17.1. The number of hydrogen-bond donors (Lipinski definition) is 1. The number of aryl methyl sites for hydroxylation is 1. The van der Waals surface area contributed by atoms with Crippen LogP contribution in [0.1, 0.15) is 56.2 Å². The van der Waals surface area contributed by atoms with Gasteiger partial charge in [-0.1, -0.05) is 30.3 Å². The third kappa shape index (κ3) is 7.78. The topological polar surface area (TPSA) is 86.0 Å². The first-order chi connectivity index (χ1) is 20.0. The lowest BCUT2D eigenvalue weighted by Crippen LogP contribution is -2.46. The summed E-state index contributed by atoms with van der Waals surface area (Å²) >= 11 is 5.42. The fraction of sp³-hybridized carbons (Fsp3) is 0.533. The monoisotopic (exact) mass is 616 g/mol. The number of fused-ring (bicyclic) bond motifs is 1. The highest BCUT2D eigenvalue weighted by Gasteiger charge is 2.29. The molecule has 1 saturated heterocycles. The van der Waals surface area contributed by atoms with Gasteiger partial charge in [0, 0.05) is 29.6 Å². The maximum absolute atomic E-state index is 14.1. The van der Waals surface area contributed by atoms with Gasteiger partial charge >= 0.3 is 5.69 Å². The molecule has 0 atom stereocenters. The lowest BCUT2D eigenvalue weighted by Gasteiger charge is -2.31. The smallest absolute Gasteiger partial charge is 0.333 e. The molecule has 3 aromatic rings. The Balaban J connectivity index is 1.13. The molecular formula is C30H37FN4O3S3. The van der Waals surface area contributed by atoms with Crippen molar-refractivity contribution in [3.8, 4) is 0 Å². The third-order valence-corrected chi connectivity index (χ3v) is 11.1. The summed E-state index contributed by atoms with van der Waals surface area (Å²) in [6.07, 6.45) is 6.40. The normalized spacial score (nSPS) is 19.8. The van der Waals surface area contributed by atoms with E-state index in [1.54, 1.807) is 16.3 Å². The predicted molar refractivity (Wildman–Crippen MR) is 170 cm³/mol. The van der Waals surface area contributed by atoms with Crippen LogP contribution in [0.2, 0.25) is 0 Å². The number of halogens is 1. The van der Waals surface area contributed by atoms with Crippen LogP contribution in [0.5, 0.6) is 0 Å². The first kappa shape index (κ1) is 30.2. The second-order valence-corrected chi connectivity index (χ2v) is 14.2. The van der Waals surface area contributed by atoms with E-state index in [9.17, 15) is 18.8 Å². The minimum absolute atomic E-state index is 0.0347. The average molecular weight is 617 g/mol. The molecule has 2 fully saturated rings. The summed E-state index contributed by atoms with van der Waals surface area (Å²) in [5, 5.41) is 3.31. The quantitative estimate of drug-likeness (QED) is 0.301. The van der Waals surface area contributed by atoms with Gasteiger partial charge in [-0.05, 0) is 73.8 Å². The summed E-state index contributed by atoms with van der Waals surface area (Å²) in [5.41, 5.74) is 0.822. The van der Waals surface area contributed by atoms with Gasteiger partial charge in [-0.25, -0.2) is 14.2 Å². The molecule has 0 bridgehead atoms. The largest absolute Gasteiger partial charge is 0.353 e. The van der Waals surface area contributed by atoms with Crippen molar-refractivity contribution in [2.45, 2.75) is 63.1 Å². The zero-order chi connectivity index (χ0) is 28.6. The number of hydrogen-bond acceptors (Lipinski definition) is 7. The van der Waals surface area contributed by atoms with Crippen LogP contribution in [0.15, 0.2) is 52.2 Å². The number of nitrogens with one attached hydrogen (secondary N) is 1. The Morgan fingerprint density at radius 3 is 2.41 bits per heavy atom. The minimum atomic E-state index is -0.583. The lowest BCUT2D eigenvalue weighted by atomic mass is 9.91. The molecular weight excluding hydrogens is 580 g/mol. The third-order valence-electron chi connectivity index (χ3n) is 7.89. The molecule has 1 saturated carbocycles. The highest BCUT2D eigenvalue weighted by molar-refractivity contribution is 8.03. The molecule has 41 heavy (non-hydrogen) atoms. The number of carbonyl (C=O) groups excluding carboxylic acids is 1. The van der Waals surface area contributed by atoms with E-state index in [4.69, 9.17) is 0 Å². The van der Waals surface area contributed by atoms with Crippen molar-refractivity contribution >= 4 is 52.2 Å². The van der Waals surface area contributed by atoms with Crippen LogP contribution in [0, 0.1) is 5.82 Å². The van der Waals surface area contributed by atoms with Crippen LogP contribution in [0.25, 0.3) is 11.0 Å². The number of aromatic nitrogens is 3. The zero-order valence-electron chi connectivity index (χ0n) is 23.1. The molecule has 0 unspecified atom stereocenters. The van der Waals surface area contributed by atoms with Crippen molar-refractivity contribution < 1.29 is 9.18 Å². The molecule has 0 radical (unpaired) electrons. The van der Waals surface area contributed by atoms with Crippen molar-refractivity contribution in [3.63, 3.8) is 0 Å². The van der Waals surface area contributed by atoms with E-state index in [1.165, 1.54) is 16.2 Å². The second kappa shape index (κ2) is 14.8. The first-order valence-corrected chi connectivity index (χ1v) is 17.9. The lowest BCUT2D eigenvalue weighted by molar-refractivity contribution is -0.119. The van der Waals surface area contributed by atoms with Crippen LogP contribution in [0.4, 0.5) is 4.39 Å². The fourth-order valence-corrected chi connectivity index (χ4v) is 8.79. The maximum Gasteiger partial charge on any atom is 0.333 e. The van der Waals surface area contributed by atoms with E-state index in [2.05, 4.69) is 34.6 Å². The molecule has 11 heteroatoms. The van der Waals surface area contributed by atoms with Crippen molar-refractivity contribution in [2.24, 2.45) is 0 Å². The van der Waals surface area contributed by atoms with Gasteiger partial charge in [-0.2, -0.15) is 35.3 Å². The number of pyridine rings is 1. The standard InChI is InChI=1S/C30H37FN4O3S3/c31-22-18-26-28(32-19-22)34(25-11-14-39-15-12-25)30(38)35(29(26)37)24-8-6-23(7-9-24)33-27(36)20-41-17-16-40-13-10-21-4-2-1-3-5-21/h1-5,18-19,23-25H,6-17,20H2,(H,33,36). The highest BCUT2D eigenvalue weighted by Crippen LogP contribution is 2.30. The minimum Gasteiger partial charge on any atom is -0.353 e. The molecule has 0 spiro atoms. The summed E-state index contributed by atoms with van der Waals surface area (Å²) in [5.74, 6) is 4.81. The molecule has 1 aromatic carbocycles. The van der Waals surface area contributed by atoms with E-state index in [0.717, 1.165) is 54.2 Å². The van der Waals surface area contributed by atoms with Crippen LogP contribution >= 0.6 is 35.3 Å². The van der Waals surface area contributed by atoms with E-state index < -0.39 is 11.4 Å². The molecule has 1 aliphatic heterocycles. The number of thioether (sulfide) groups is 3. The molecule has 5 rings (SSSR count). The Kier molecular flexibility index (Phi) is 10.9. The van der Waals surface area contributed by atoms with Gasteiger partial charge in [-0.3, -0.25) is 18.7 Å². The Morgan fingerprint density at radius 1 is 0.951 bits per heavy atom. The van der Waals surface area contributed by atoms with Gasteiger partial charge in [0.2, 0.25) is 5.91 Å². The Morgan fingerprint density at radius 2 is 1.66 bits per heavy atom. The van der Waals surface area contributed by atoms with Crippen LogP contribution in [-0.4, -0.2) is 60.6 Å². The zero-order valence-corrected chi connectivity index (χ0v) is 25.6. The Labute approximate surface area is 252 Å². The first-order valence-electron chi connectivity index (χ1n) is 14.4. The number of carbonyl (C=O) groups is 1. The van der Waals surface area contributed by atoms with Gasteiger partial charge < -0.3 is 5.32 Å². The van der Waals surface area contributed by atoms with Crippen LogP contribution < -0.4 is 16.6 Å². The van der Waals surface area contributed by atoms with E-state index in [-0.39, 0.29) is 40.8 Å². The highest BCUT2D eigenvalue weighted by atomic mass is 32.2.